The van der Waals surface area contributed by atoms with Gasteiger partial charge in [-0.25, -0.2) is 0 Å². The minimum absolute atomic E-state index is 0.525. The largest absolute Gasteiger partial charge is 0.488 e. The zero-order valence-corrected chi connectivity index (χ0v) is 12.8. The van der Waals surface area contributed by atoms with Gasteiger partial charge in [-0.2, -0.15) is 5.10 Å². The summed E-state index contributed by atoms with van der Waals surface area (Å²) < 4.78 is 8.78. The molecule has 0 saturated carbocycles. The summed E-state index contributed by atoms with van der Waals surface area (Å²) in [5.74, 6) is 0.855. The maximum Gasteiger partial charge on any atom is 0.134 e. The molecule has 3 nitrogen and oxygen atoms in total. The van der Waals surface area contributed by atoms with Gasteiger partial charge in [0.15, 0.2) is 0 Å². The molecule has 0 N–H and O–H groups in total. The molecule has 1 aromatic heterocycles. The average Bonchev–Trinajstić information content (AvgIpc) is 2.95. The van der Waals surface area contributed by atoms with Gasteiger partial charge in [-0.1, -0.05) is 30.3 Å². The molecule has 0 radical (unpaired) electrons. The van der Waals surface area contributed by atoms with Crippen LogP contribution >= 0.6 is 15.9 Å². The monoisotopic (exact) mass is 330 g/mol. The standard InChI is InChI=1S/C16H15BrN2O/c1-2-19-10-12(9-18-19)11-20-15-8-7-13-5-3-4-6-14(13)16(15)17/h3-10H,2,11H2,1H3. The highest BCUT2D eigenvalue weighted by Gasteiger charge is 2.06. The molecule has 3 aromatic rings. The number of ether oxygens (including phenoxy) is 1. The molecule has 2 aromatic carbocycles. The highest BCUT2D eigenvalue weighted by atomic mass is 79.9. The van der Waals surface area contributed by atoms with E-state index in [1.807, 2.05) is 35.3 Å². The predicted octanol–water partition coefficient (Wildman–Crippen LogP) is 4.40. The number of fused-ring (bicyclic) bond motifs is 1. The lowest BCUT2D eigenvalue weighted by molar-refractivity contribution is 0.304. The van der Waals surface area contributed by atoms with E-state index >= 15 is 0 Å². The topological polar surface area (TPSA) is 27.1 Å². The van der Waals surface area contributed by atoms with Gasteiger partial charge in [0, 0.05) is 18.3 Å². The maximum absolute atomic E-state index is 5.89. The normalized spacial score (nSPS) is 10.9. The van der Waals surface area contributed by atoms with Gasteiger partial charge in [0.25, 0.3) is 0 Å². The molecule has 0 aliphatic rings. The van der Waals surface area contributed by atoms with Crippen molar-refractivity contribution >= 4 is 26.7 Å². The van der Waals surface area contributed by atoms with Crippen molar-refractivity contribution in [1.29, 1.82) is 0 Å². The van der Waals surface area contributed by atoms with Crippen LogP contribution in [0.1, 0.15) is 12.5 Å². The molecule has 0 unspecified atom stereocenters. The van der Waals surface area contributed by atoms with Crippen molar-refractivity contribution in [3.63, 3.8) is 0 Å². The second kappa shape index (κ2) is 5.67. The Bertz CT molecular complexity index is 736. The molecule has 3 rings (SSSR count). The highest BCUT2D eigenvalue weighted by Crippen LogP contribution is 2.33. The molecule has 20 heavy (non-hydrogen) atoms. The van der Waals surface area contributed by atoms with Crippen LogP contribution in [0.3, 0.4) is 0 Å². The summed E-state index contributed by atoms with van der Waals surface area (Å²) in [4.78, 5) is 0. The highest BCUT2D eigenvalue weighted by molar-refractivity contribution is 9.10. The molecule has 4 heteroatoms. The fourth-order valence-corrected chi connectivity index (χ4v) is 2.75. The quantitative estimate of drug-likeness (QED) is 0.709. The fourth-order valence-electron chi connectivity index (χ4n) is 2.14. The lowest BCUT2D eigenvalue weighted by Crippen LogP contribution is -1.96. The average molecular weight is 331 g/mol. The Morgan fingerprint density at radius 2 is 2.05 bits per heavy atom. The second-order valence-electron chi connectivity index (χ2n) is 4.59. The first-order valence-electron chi connectivity index (χ1n) is 6.59. The summed E-state index contributed by atoms with van der Waals surface area (Å²) in [5, 5.41) is 6.61. The van der Waals surface area contributed by atoms with Crippen molar-refractivity contribution in [1.82, 2.24) is 9.78 Å². The molecular formula is C16H15BrN2O. The molecule has 0 saturated heterocycles. The third-order valence-corrected chi connectivity index (χ3v) is 4.05. The summed E-state index contributed by atoms with van der Waals surface area (Å²) in [6.45, 7) is 3.47. The Hall–Kier alpha value is -1.81. The SMILES string of the molecule is CCn1cc(COc2ccc3ccccc3c2Br)cn1. The van der Waals surface area contributed by atoms with Crippen molar-refractivity contribution in [2.45, 2.75) is 20.1 Å². The maximum atomic E-state index is 5.89. The van der Waals surface area contributed by atoms with Gasteiger partial charge < -0.3 is 4.74 Å². The van der Waals surface area contributed by atoms with Crippen molar-refractivity contribution in [2.75, 3.05) is 0 Å². The number of aryl methyl sites for hydroxylation is 1. The van der Waals surface area contributed by atoms with Crippen LogP contribution in [0.4, 0.5) is 0 Å². The van der Waals surface area contributed by atoms with E-state index < -0.39 is 0 Å². The van der Waals surface area contributed by atoms with Crippen molar-refractivity contribution in [2.24, 2.45) is 0 Å². The summed E-state index contributed by atoms with van der Waals surface area (Å²) in [6.07, 6.45) is 3.85. The summed E-state index contributed by atoms with van der Waals surface area (Å²) in [7, 11) is 0. The lowest BCUT2D eigenvalue weighted by Gasteiger charge is -2.09. The summed E-state index contributed by atoms with van der Waals surface area (Å²) in [5.41, 5.74) is 1.08. The Balaban J connectivity index is 1.82. The molecule has 0 spiro atoms. The third kappa shape index (κ3) is 2.56. The van der Waals surface area contributed by atoms with E-state index in [0.717, 1.165) is 27.7 Å². The van der Waals surface area contributed by atoms with Gasteiger partial charge in [0.05, 0.1) is 10.7 Å². The molecule has 0 amide bonds. The number of aromatic nitrogens is 2. The Kier molecular flexibility index (Phi) is 3.74. The van der Waals surface area contributed by atoms with Gasteiger partial charge in [-0.05, 0) is 39.7 Å². The summed E-state index contributed by atoms with van der Waals surface area (Å²) in [6, 6.07) is 12.3. The molecule has 102 valence electrons. The van der Waals surface area contributed by atoms with E-state index in [0.29, 0.717) is 6.61 Å². The zero-order chi connectivity index (χ0) is 13.9. The number of hydrogen-bond acceptors (Lipinski definition) is 2. The van der Waals surface area contributed by atoms with Crippen molar-refractivity contribution in [3.05, 3.63) is 58.8 Å². The molecule has 0 bridgehead atoms. The molecule has 0 aliphatic heterocycles. The first-order valence-corrected chi connectivity index (χ1v) is 7.38. The molecule has 0 aliphatic carbocycles. The lowest BCUT2D eigenvalue weighted by atomic mass is 10.1. The molecule has 0 fully saturated rings. The Morgan fingerprint density at radius 1 is 1.20 bits per heavy atom. The second-order valence-corrected chi connectivity index (χ2v) is 5.38. The number of hydrogen-bond donors (Lipinski definition) is 0. The number of rotatable bonds is 4. The molecular weight excluding hydrogens is 316 g/mol. The third-order valence-electron chi connectivity index (χ3n) is 3.23. The Labute approximate surface area is 126 Å². The van der Waals surface area contributed by atoms with E-state index in [1.165, 1.54) is 5.39 Å². The van der Waals surface area contributed by atoms with Crippen LogP contribution in [0.25, 0.3) is 10.8 Å². The minimum atomic E-state index is 0.525. The number of benzene rings is 2. The summed E-state index contributed by atoms with van der Waals surface area (Å²) >= 11 is 3.63. The van der Waals surface area contributed by atoms with E-state index in [2.05, 4.69) is 46.2 Å². The van der Waals surface area contributed by atoms with E-state index in [-0.39, 0.29) is 0 Å². The smallest absolute Gasteiger partial charge is 0.134 e. The van der Waals surface area contributed by atoms with Gasteiger partial charge in [0.2, 0.25) is 0 Å². The number of nitrogens with zero attached hydrogens (tertiary/aromatic N) is 2. The molecule has 0 atom stereocenters. The van der Waals surface area contributed by atoms with Crippen LogP contribution in [0.15, 0.2) is 53.3 Å². The van der Waals surface area contributed by atoms with E-state index in [4.69, 9.17) is 4.74 Å². The van der Waals surface area contributed by atoms with Gasteiger partial charge >= 0.3 is 0 Å². The van der Waals surface area contributed by atoms with Gasteiger partial charge in [0.1, 0.15) is 12.4 Å². The van der Waals surface area contributed by atoms with Crippen LogP contribution in [-0.4, -0.2) is 9.78 Å². The first kappa shape index (κ1) is 13.2. The zero-order valence-electron chi connectivity index (χ0n) is 11.2. The minimum Gasteiger partial charge on any atom is -0.488 e. The van der Waals surface area contributed by atoms with E-state index in [9.17, 15) is 0 Å². The Morgan fingerprint density at radius 3 is 2.85 bits per heavy atom. The van der Waals surface area contributed by atoms with Crippen LogP contribution in [-0.2, 0) is 13.2 Å². The molecule has 1 heterocycles. The predicted molar refractivity (Wildman–Crippen MR) is 83.9 cm³/mol. The van der Waals surface area contributed by atoms with Gasteiger partial charge in [-0.15, -0.1) is 0 Å². The van der Waals surface area contributed by atoms with Crippen molar-refractivity contribution < 1.29 is 4.74 Å². The number of halogens is 1. The van der Waals surface area contributed by atoms with E-state index in [1.54, 1.807) is 0 Å². The van der Waals surface area contributed by atoms with Crippen LogP contribution in [0.5, 0.6) is 5.75 Å². The van der Waals surface area contributed by atoms with Gasteiger partial charge in [-0.3, -0.25) is 4.68 Å². The van der Waals surface area contributed by atoms with Crippen molar-refractivity contribution in [3.8, 4) is 5.75 Å². The fraction of sp³-hybridized carbons (Fsp3) is 0.188. The first-order chi connectivity index (χ1) is 9.78. The van der Waals surface area contributed by atoms with Crippen LogP contribution in [0, 0.1) is 0 Å². The van der Waals surface area contributed by atoms with Crippen LogP contribution in [0.2, 0.25) is 0 Å². The van der Waals surface area contributed by atoms with Crippen LogP contribution < -0.4 is 4.74 Å².